The van der Waals surface area contributed by atoms with E-state index in [1.54, 1.807) is 13.8 Å². The van der Waals surface area contributed by atoms with E-state index in [0.29, 0.717) is 6.61 Å². The van der Waals surface area contributed by atoms with E-state index in [1.165, 1.54) is 0 Å². The van der Waals surface area contributed by atoms with Gasteiger partial charge in [0.05, 0.1) is 6.61 Å². The third-order valence-electron chi connectivity index (χ3n) is 2.73. The van der Waals surface area contributed by atoms with Gasteiger partial charge in [-0.05, 0) is 13.8 Å². The van der Waals surface area contributed by atoms with Crippen LogP contribution in [0.5, 0.6) is 0 Å². The van der Waals surface area contributed by atoms with Crippen molar-refractivity contribution >= 4 is 0 Å². The molecule has 5 heteroatoms. The minimum absolute atomic E-state index is 0.106. The molecule has 3 fully saturated rings. The van der Waals surface area contributed by atoms with Gasteiger partial charge < -0.3 is 18.9 Å². The third kappa shape index (κ3) is 1.27. The SMILES string of the molecule is CC1(C)O[C@H]2O[C@H](C3CO3)C(F)[C@H]2O1. The number of alkyl halides is 1. The molecule has 3 saturated heterocycles. The molecular weight excluding hydrogens is 191 g/mol. The molecule has 0 spiro atoms. The van der Waals surface area contributed by atoms with E-state index in [9.17, 15) is 4.39 Å². The van der Waals surface area contributed by atoms with Crippen molar-refractivity contribution in [1.29, 1.82) is 0 Å². The minimum Gasteiger partial charge on any atom is -0.370 e. The molecule has 80 valence electrons. The lowest BCUT2D eigenvalue weighted by Crippen LogP contribution is -2.34. The van der Waals surface area contributed by atoms with E-state index >= 15 is 0 Å². The average Bonchev–Trinajstić information content (AvgIpc) is 2.81. The number of epoxide rings is 1. The highest BCUT2D eigenvalue weighted by Gasteiger charge is 2.59. The molecule has 3 rings (SSSR count). The highest BCUT2D eigenvalue weighted by Crippen LogP contribution is 2.41. The van der Waals surface area contributed by atoms with Gasteiger partial charge in [-0.25, -0.2) is 4.39 Å². The summed E-state index contributed by atoms with van der Waals surface area (Å²) in [6, 6.07) is 0. The van der Waals surface area contributed by atoms with Gasteiger partial charge in [0.1, 0.15) is 18.3 Å². The maximum Gasteiger partial charge on any atom is 0.190 e. The van der Waals surface area contributed by atoms with E-state index in [2.05, 4.69) is 0 Å². The molecule has 0 aromatic heterocycles. The summed E-state index contributed by atoms with van der Waals surface area (Å²) >= 11 is 0. The maximum atomic E-state index is 13.8. The smallest absolute Gasteiger partial charge is 0.190 e. The summed E-state index contributed by atoms with van der Waals surface area (Å²) < 4.78 is 35.0. The summed E-state index contributed by atoms with van der Waals surface area (Å²) in [6.07, 6.45) is -2.94. The van der Waals surface area contributed by atoms with Crippen LogP contribution < -0.4 is 0 Å². The number of hydrogen-bond donors (Lipinski definition) is 0. The first-order valence-electron chi connectivity index (χ1n) is 4.84. The molecule has 3 heterocycles. The summed E-state index contributed by atoms with van der Waals surface area (Å²) in [5, 5.41) is 0. The summed E-state index contributed by atoms with van der Waals surface area (Å²) in [6.45, 7) is 4.09. The fourth-order valence-electron chi connectivity index (χ4n) is 2.03. The molecule has 2 unspecified atom stereocenters. The first-order valence-corrected chi connectivity index (χ1v) is 4.84. The molecule has 0 N–H and O–H groups in total. The van der Waals surface area contributed by atoms with E-state index in [-0.39, 0.29) is 6.10 Å². The Morgan fingerprint density at radius 1 is 1.21 bits per heavy atom. The number of halogens is 1. The Morgan fingerprint density at radius 2 is 1.93 bits per heavy atom. The number of rotatable bonds is 1. The molecule has 0 aromatic carbocycles. The Morgan fingerprint density at radius 3 is 2.50 bits per heavy atom. The van der Waals surface area contributed by atoms with Crippen molar-refractivity contribution in [2.45, 2.75) is 50.4 Å². The van der Waals surface area contributed by atoms with Crippen molar-refractivity contribution < 1.29 is 23.3 Å². The molecule has 0 radical (unpaired) electrons. The number of hydrogen-bond acceptors (Lipinski definition) is 4. The van der Waals surface area contributed by atoms with Crippen LogP contribution in [0.3, 0.4) is 0 Å². The van der Waals surface area contributed by atoms with E-state index in [1.807, 2.05) is 0 Å². The summed E-state index contributed by atoms with van der Waals surface area (Å²) in [5.74, 6) is -0.741. The van der Waals surface area contributed by atoms with Crippen LogP contribution in [0, 0.1) is 0 Å². The molecule has 0 aromatic rings. The molecule has 3 aliphatic rings. The second-order valence-corrected chi connectivity index (χ2v) is 4.39. The quantitative estimate of drug-likeness (QED) is 0.586. The van der Waals surface area contributed by atoms with Gasteiger partial charge in [0, 0.05) is 0 Å². The Kier molecular flexibility index (Phi) is 1.72. The number of ether oxygens (including phenoxy) is 4. The Balaban J connectivity index is 1.74. The van der Waals surface area contributed by atoms with Gasteiger partial charge in [-0.2, -0.15) is 0 Å². The molecule has 5 atom stereocenters. The van der Waals surface area contributed by atoms with Gasteiger partial charge in [0.25, 0.3) is 0 Å². The largest absolute Gasteiger partial charge is 0.370 e. The van der Waals surface area contributed by atoms with Gasteiger partial charge in [0.15, 0.2) is 18.2 Å². The normalized spacial score (nSPS) is 54.6. The second-order valence-electron chi connectivity index (χ2n) is 4.39. The first-order chi connectivity index (χ1) is 6.57. The second kappa shape index (κ2) is 2.66. The Bertz CT molecular complexity index is 251. The van der Waals surface area contributed by atoms with Gasteiger partial charge in [-0.3, -0.25) is 0 Å². The summed E-state index contributed by atoms with van der Waals surface area (Å²) in [4.78, 5) is 0. The van der Waals surface area contributed by atoms with Crippen molar-refractivity contribution in [2.24, 2.45) is 0 Å². The monoisotopic (exact) mass is 204 g/mol. The fraction of sp³-hybridized carbons (Fsp3) is 1.00. The Labute approximate surface area is 81.3 Å². The molecule has 0 saturated carbocycles. The minimum atomic E-state index is -1.14. The lowest BCUT2D eigenvalue weighted by Gasteiger charge is -2.21. The topological polar surface area (TPSA) is 40.2 Å². The van der Waals surface area contributed by atoms with E-state index in [4.69, 9.17) is 18.9 Å². The van der Waals surface area contributed by atoms with Crippen LogP contribution in [0.4, 0.5) is 4.39 Å². The lowest BCUT2D eigenvalue weighted by atomic mass is 10.1. The molecule has 3 aliphatic heterocycles. The highest BCUT2D eigenvalue weighted by molar-refractivity contribution is 4.99. The van der Waals surface area contributed by atoms with Crippen molar-refractivity contribution in [3.63, 3.8) is 0 Å². The van der Waals surface area contributed by atoms with Crippen LogP contribution >= 0.6 is 0 Å². The lowest BCUT2D eigenvalue weighted by molar-refractivity contribution is -0.212. The molecule has 0 amide bonds. The van der Waals surface area contributed by atoms with Gasteiger partial charge in [-0.1, -0.05) is 0 Å². The summed E-state index contributed by atoms with van der Waals surface area (Å²) in [5.41, 5.74) is 0. The average molecular weight is 204 g/mol. The highest BCUT2D eigenvalue weighted by atomic mass is 19.1. The van der Waals surface area contributed by atoms with Crippen LogP contribution in [-0.4, -0.2) is 43.2 Å². The third-order valence-corrected chi connectivity index (χ3v) is 2.73. The van der Waals surface area contributed by atoms with Gasteiger partial charge >= 0.3 is 0 Å². The predicted molar refractivity (Wildman–Crippen MR) is 43.3 cm³/mol. The van der Waals surface area contributed by atoms with Crippen LogP contribution in [0.2, 0.25) is 0 Å². The zero-order valence-electron chi connectivity index (χ0n) is 8.10. The van der Waals surface area contributed by atoms with Crippen molar-refractivity contribution in [2.75, 3.05) is 6.61 Å². The molecule has 0 aliphatic carbocycles. The molecule has 14 heavy (non-hydrogen) atoms. The van der Waals surface area contributed by atoms with Crippen molar-refractivity contribution in [3.05, 3.63) is 0 Å². The van der Waals surface area contributed by atoms with E-state index < -0.39 is 30.5 Å². The molecular formula is C9H13FO4. The standard InChI is InChI=1S/C9H13FO4/c1-9(2)13-7-5(10)6(4-3-11-4)12-8(7)14-9/h4-8H,3H2,1-2H3/t4?,5?,6-,7-,8-/m1/s1. The van der Waals surface area contributed by atoms with Crippen LogP contribution in [0.15, 0.2) is 0 Å². The molecule has 4 nitrogen and oxygen atoms in total. The first kappa shape index (κ1) is 9.03. The van der Waals surface area contributed by atoms with E-state index in [0.717, 1.165) is 0 Å². The maximum absolute atomic E-state index is 13.8. The van der Waals surface area contributed by atoms with Crippen LogP contribution in [0.1, 0.15) is 13.8 Å². The van der Waals surface area contributed by atoms with Crippen molar-refractivity contribution in [1.82, 2.24) is 0 Å². The molecule has 0 bridgehead atoms. The van der Waals surface area contributed by atoms with Crippen LogP contribution in [-0.2, 0) is 18.9 Å². The predicted octanol–water partition coefficient (Wildman–Crippen LogP) is 0.600. The zero-order valence-corrected chi connectivity index (χ0v) is 8.10. The Hall–Kier alpha value is -0.230. The van der Waals surface area contributed by atoms with Gasteiger partial charge in [0.2, 0.25) is 0 Å². The number of fused-ring (bicyclic) bond motifs is 1. The van der Waals surface area contributed by atoms with Crippen LogP contribution in [0.25, 0.3) is 0 Å². The van der Waals surface area contributed by atoms with Gasteiger partial charge in [-0.15, -0.1) is 0 Å². The fourth-order valence-corrected chi connectivity index (χ4v) is 2.03. The van der Waals surface area contributed by atoms with Crippen molar-refractivity contribution in [3.8, 4) is 0 Å². The summed E-state index contributed by atoms with van der Waals surface area (Å²) in [7, 11) is 0. The zero-order chi connectivity index (χ0) is 9.92.